The highest BCUT2D eigenvalue weighted by Crippen LogP contribution is 2.40. The summed E-state index contributed by atoms with van der Waals surface area (Å²) >= 11 is 5.80. The van der Waals surface area contributed by atoms with Crippen LogP contribution >= 0.6 is 11.6 Å². The number of hydrogen-bond donors (Lipinski definition) is 1. The zero-order chi connectivity index (χ0) is 26.7. The second-order valence-electron chi connectivity index (χ2n) is 8.91. The lowest BCUT2D eigenvalue weighted by Gasteiger charge is -2.43. The number of ether oxygens (including phenoxy) is 1. The van der Waals surface area contributed by atoms with Crippen LogP contribution in [0.2, 0.25) is 5.02 Å². The van der Waals surface area contributed by atoms with Crippen molar-refractivity contribution < 1.29 is 22.7 Å². The van der Waals surface area contributed by atoms with E-state index in [1.165, 1.54) is 11.0 Å². The third kappa shape index (κ3) is 5.40. The van der Waals surface area contributed by atoms with Crippen LogP contribution < -0.4 is 15.4 Å². The van der Waals surface area contributed by atoms with Crippen LogP contribution in [0.1, 0.15) is 34.8 Å². The minimum atomic E-state index is -4.69. The van der Waals surface area contributed by atoms with E-state index in [0.717, 1.165) is 34.5 Å². The highest BCUT2D eigenvalue weighted by molar-refractivity contribution is 6.30. The van der Waals surface area contributed by atoms with E-state index in [0.29, 0.717) is 18.7 Å². The summed E-state index contributed by atoms with van der Waals surface area (Å²) < 4.78 is 46.7. The van der Waals surface area contributed by atoms with E-state index in [9.17, 15) is 18.0 Å². The summed E-state index contributed by atoms with van der Waals surface area (Å²) in [7, 11) is 1.61. The van der Waals surface area contributed by atoms with Crippen LogP contribution in [0.4, 0.5) is 18.9 Å². The number of benzene rings is 3. The van der Waals surface area contributed by atoms with Gasteiger partial charge in [0, 0.05) is 54.1 Å². The van der Waals surface area contributed by atoms with Crippen molar-refractivity contribution in [3.05, 3.63) is 82.4 Å². The van der Waals surface area contributed by atoms with Crippen LogP contribution in [0.5, 0.6) is 5.75 Å². The molecule has 1 atom stereocenters. The number of anilines is 1. The number of amides is 1. The molecule has 1 saturated heterocycles. The highest BCUT2D eigenvalue weighted by Gasteiger charge is 2.38. The molecule has 0 aromatic heterocycles. The maximum Gasteiger partial charge on any atom is 0.417 e. The Hall–Kier alpha value is -3.23. The molecule has 1 heterocycles. The summed E-state index contributed by atoms with van der Waals surface area (Å²) in [5.74, 6) is 0.0358. The van der Waals surface area contributed by atoms with Crippen molar-refractivity contribution in [3.63, 3.8) is 0 Å². The van der Waals surface area contributed by atoms with Gasteiger partial charge in [0.15, 0.2) is 0 Å². The Labute approximate surface area is 219 Å². The number of alkyl halides is 3. The summed E-state index contributed by atoms with van der Waals surface area (Å²) in [4.78, 5) is 16.9. The van der Waals surface area contributed by atoms with Crippen LogP contribution in [0, 0.1) is 0 Å². The first-order valence-electron chi connectivity index (χ1n) is 12.1. The number of rotatable bonds is 6. The fourth-order valence-corrected chi connectivity index (χ4v) is 5.15. The molecule has 3 aromatic rings. The lowest BCUT2D eigenvalue weighted by atomic mass is 9.97. The maximum absolute atomic E-state index is 13.6. The SMILES string of the molecule is CC[C@@H]1CN(C(=O)c2ccc(Cl)cc2C(F)(F)F)CCN1c1ccc(-c2ccccc2)c(OC)c1CN. The monoisotopic (exact) mass is 531 g/mol. The molecule has 9 heteroatoms. The molecular formula is C28H29ClF3N3O2. The molecule has 196 valence electrons. The summed E-state index contributed by atoms with van der Waals surface area (Å²) in [6, 6.07) is 17.0. The van der Waals surface area contributed by atoms with Crippen LogP contribution in [-0.2, 0) is 12.7 Å². The minimum absolute atomic E-state index is 0.0673. The van der Waals surface area contributed by atoms with Gasteiger partial charge in [0.1, 0.15) is 5.75 Å². The second-order valence-corrected chi connectivity index (χ2v) is 9.34. The first-order chi connectivity index (χ1) is 17.7. The molecule has 1 aliphatic rings. The molecule has 0 spiro atoms. The molecule has 1 aliphatic heterocycles. The molecule has 1 fully saturated rings. The van der Waals surface area contributed by atoms with Gasteiger partial charge in [0.25, 0.3) is 5.91 Å². The zero-order valence-corrected chi connectivity index (χ0v) is 21.4. The van der Waals surface area contributed by atoms with Crippen molar-refractivity contribution in [2.75, 3.05) is 31.6 Å². The van der Waals surface area contributed by atoms with E-state index in [1.54, 1.807) is 7.11 Å². The zero-order valence-electron chi connectivity index (χ0n) is 20.7. The van der Waals surface area contributed by atoms with E-state index in [1.807, 2.05) is 49.4 Å². The Kier molecular flexibility index (Phi) is 7.99. The van der Waals surface area contributed by atoms with Gasteiger partial charge in [0.05, 0.1) is 18.2 Å². The molecule has 0 unspecified atom stereocenters. The Balaban J connectivity index is 1.64. The van der Waals surface area contributed by atoms with Gasteiger partial charge in [-0.25, -0.2) is 0 Å². The fourth-order valence-electron chi connectivity index (χ4n) is 4.98. The van der Waals surface area contributed by atoms with E-state index < -0.39 is 23.2 Å². The van der Waals surface area contributed by atoms with E-state index >= 15 is 0 Å². The molecule has 1 amide bonds. The standard InChI is InChI=1S/C28H29ClF3N3O2/c1-3-20-17-34(27(36)22-10-9-19(29)15-24(22)28(30,31)32)13-14-35(20)25-12-11-21(18-7-5-4-6-8-18)26(37-2)23(25)16-33/h4-12,15,20H,3,13-14,16-17,33H2,1-2H3/t20-/m1/s1. The van der Waals surface area contributed by atoms with Gasteiger partial charge in [0.2, 0.25) is 0 Å². The predicted molar refractivity (Wildman–Crippen MR) is 140 cm³/mol. The molecule has 3 aromatic carbocycles. The molecule has 0 radical (unpaired) electrons. The minimum Gasteiger partial charge on any atom is -0.496 e. The molecule has 0 aliphatic carbocycles. The number of hydrogen-bond acceptors (Lipinski definition) is 4. The molecule has 2 N–H and O–H groups in total. The van der Waals surface area contributed by atoms with Crippen molar-refractivity contribution in [1.29, 1.82) is 0 Å². The number of piperazine rings is 1. The van der Waals surface area contributed by atoms with Gasteiger partial charge in [-0.15, -0.1) is 0 Å². The average Bonchev–Trinajstić information content (AvgIpc) is 2.91. The number of halogens is 4. The lowest BCUT2D eigenvalue weighted by molar-refractivity contribution is -0.138. The van der Waals surface area contributed by atoms with Gasteiger partial charge in [-0.2, -0.15) is 13.2 Å². The third-order valence-electron chi connectivity index (χ3n) is 6.80. The quantitative estimate of drug-likeness (QED) is 0.409. The first-order valence-corrected chi connectivity index (χ1v) is 12.4. The molecule has 0 saturated carbocycles. The van der Waals surface area contributed by atoms with Crippen molar-refractivity contribution >= 4 is 23.2 Å². The fraction of sp³-hybridized carbons (Fsp3) is 0.321. The van der Waals surface area contributed by atoms with Gasteiger partial charge < -0.3 is 20.3 Å². The summed E-state index contributed by atoms with van der Waals surface area (Å²) in [6.07, 6.45) is -4.00. The molecule has 0 bridgehead atoms. The summed E-state index contributed by atoms with van der Waals surface area (Å²) in [5.41, 5.74) is 8.47. The molecular weight excluding hydrogens is 503 g/mol. The summed E-state index contributed by atoms with van der Waals surface area (Å²) in [6.45, 7) is 3.23. The van der Waals surface area contributed by atoms with Gasteiger partial charge in [-0.1, -0.05) is 48.9 Å². The largest absolute Gasteiger partial charge is 0.496 e. The maximum atomic E-state index is 13.6. The first kappa shape index (κ1) is 26.8. The van der Waals surface area contributed by atoms with Crippen molar-refractivity contribution in [2.45, 2.75) is 32.1 Å². The van der Waals surface area contributed by atoms with Gasteiger partial charge in [-0.3, -0.25) is 4.79 Å². The number of methoxy groups -OCH3 is 1. The van der Waals surface area contributed by atoms with E-state index in [2.05, 4.69) is 4.90 Å². The van der Waals surface area contributed by atoms with Crippen LogP contribution in [0.15, 0.2) is 60.7 Å². The normalized spacial score (nSPS) is 16.1. The second kappa shape index (κ2) is 11.0. The Morgan fingerprint density at radius 1 is 1.11 bits per heavy atom. The van der Waals surface area contributed by atoms with E-state index in [-0.39, 0.29) is 30.7 Å². The number of carbonyl (C=O) groups is 1. The molecule has 4 rings (SSSR count). The number of nitrogens with zero attached hydrogens (tertiary/aromatic N) is 2. The van der Waals surface area contributed by atoms with Gasteiger partial charge in [-0.05, 0) is 42.3 Å². The van der Waals surface area contributed by atoms with E-state index in [4.69, 9.17) is 22.1 Å². The van der Waals surface area contributed by atoms with Gasteiger partial charge >= 0.3 is 6.18 Å². The van der Waals surface area contributed by atoms with Crippen LogP contribution in [0.3, 0.4) is 0 Å². The van der Waals surface area contributed by atoms with Crippen molar-refractivity contribution in [2.24, 2.45) is 5.73 Å². The highest BCUT2D eigenvalue weighted by atomic mass is 35.5. The number of carbonyl (C=O) groups excluding carboxylic acids is 1. The third-order valence-corrected chi connectivity index (χ3v) is 7.03. The Morgan fingerprint density at radius 2 is 1.84 bits per heavy atom. The average molecular weight is 532 g/mol. The topological polar surface area (TPSA) is 58.8 Å². The molecule has 37 heavy (non-hydrogen) atoms. The lowest BCUT2D eigenvalue weighted by Crippen LogP contribution is -2.55. The summed E-state index contributed by atoms with van der Waals surface area (Å²) in [5, 5.41) is -0.0673. The van der Waals surface area contributed by atoms with Crippen LogP contribution in [0.25, 0.3) is 11.1 Å². The Morgan fingerprint density at radius 3 is 2.46 bits per heavy atom. The van der Waals surface area contributed by atoms with Crippen molar-refractivity contribution in [3.8, 4) is 16.9 Å². The smallest absolute Gasteiger partial charge is 0.417 e. The molecule has 5 nitrogen and oxygen atoms in total. The Bertz CT molecular complexity index is 1270. The predicted octanol–water partition coefficient (Wildman–Crippen LogP) is 6.23. The van der Waals surface area contributed by atoms with Crippen LogP contribution in [-0.4, -0.2) is 43.6 Å². The number of nitrogens with two attached hydrogens (primary N) is 1. The van der Waals surface area contributed by atoms with Crippen molar-refractivity contribution in [1.82, 2.24) is 4.90 Å².